The van der Waals surface area contributed by atoms with E-state index in [1.807, 2.05) is 60.6 Å². The van der Waals surface area contributed by atoms with E-state index in [-0.39, 0.29) is 6.54 Å². The summed E-state index contributed by atoms with van der Waals surface area (Å²) < 4.78 is 12.3. The molecule has 7 heteroatoms. The SMILES string of the molecule is CC(C)(C)N(Cc1c(Cl)cccc1B1OC(C)(C)C(C)(C)O1)C(=O)O. The molecule has 0 saturated carbocycles. The maximum absolute atomic E-state index is 11.7. The zero-order valence-corrected chi connectivity index (χ0v) is 16.8. The van der Waals surface area contributed by atoms with E-state index in [4.69, 9.17) is 20.9 Å². The van der Waals surface area contributed by atoms with Crippen molar-refractivity contribution in [2.45, 2.75) is 71.8 Å². The first-order valence-corrected chi connectivity index (χ1v) is 8.77. The quantitative estimate of drug-likeness (QED) is 0.823. The summed E-state index contributed by atoms with van der Waals surface area (Å²) in [6.45, 7) is 13.7. The Morgan fingerprint density at radius 2 is 1.72 bits per heavy atom. The summed E-state index contributed by atoms with van der Waals surface area (Å²) >= 11 is 6.42. The van der Waals surface area contributed by atoms with Crippen molar-refractivity contribution >= 4 is 30.3 Å². The molecule has 0 aliphatic carbocycles. The van der Waals surface area contributed by atoms with Gasteiger partial charge in [0.1, 0.15) is 0 Å². The Hall–Kier alpha value is -1.24. The second-order valence-electron chi connectivity index (χ2n) is 8.44. The summed E-state index contributed by atoms with van der Waals surface area (Å²) in [5.41, 5.74) is -0.0404. The van der Waals surface area contributed by atoms with Crippen LogP contribution in [0.1, 0.15) is 54.0 Å². The minimum atomic E-state index is -0.993. The van der Waals surface area contributed by atoms with Crippen molar-refractivity contribution in [2.24, 2.45) is 0 Å². The van der Waals surface area contributed by atoms with E-state index in [1.54, 1.807) is 6.07 Å². The van der Waals surface area contributed by atoms with Gasteiger partial charge in [-0.25, -0.2) is 4.79 Å². The summed E-state index contributed by atoms with van der Waals surface area (Å²) in [4.78, 5) is 13.1. The van der Waals surface area contributed by atoms with Gasteiger partial charge in [-0.15, -0.1) is 0 Å². The molecule has 1 saturated heterocycles. The molecule has 1 aromatic rings. The molecule has 1 aliphatic rings. The molecule has 1 amide bonds. The zero-order valence-electron chi connectivity index (χ0n) is 16.0. The number of hydrogen-bond acceptors (Lipinski definition) is 3. The Labute approximate surface area is 155 Å². The van der Waals surface area contributed by atoms with Crippen molar-refractivity contribution in [3.63, 3.8) is 0 Å². The predicted molar refractivity (Wildman–Crippen MR) is 100 cm³/mol. The minimum absolute atomic E-state index is 0.165. The first-order chi connectivity index (χ1) is 11.3. The second-order valence-corrected chi connectivity index (χ2v) is 8.84. The van der Waals surface area contributed by atoms with E-state index in [9.17, 15) is 9.90 Å². The molecule has 0 unspecified atom stereocenters. The first-order valence-electron chi connectivity index (χ1n) is 8.40. The molecule has 1 aliphatic heterocycles. The highest BCUT2D eigenvalue weighted by Crippen LogP contribution is 2.37. The largest absolute Gasteiger partial charge is 0.495 e. The molecule has 0 spiro atoms. The van der Waals surface area contributed by atoms with Crippen molar-refractivity contribution < 1.29 is 19.2 Å². The number of halogens is 1. The predicted octanol–water partition coefficient (Wildman–Crippen LogP) is 3.92. The molecule has 25 heavy (non-hydrogen) atoms. The summed E-state index contributed by atoms with van der Waals surface area (Å²) in [6.07, 6.45) is -0.993. The van der Waals surface area contributed by atoms with E-state index >= 15 is 0 Å². The third kappa shape index (κ3) is 3.96. The lowest BCUT2D eigenvalue weighted by atomic mass is 9.75. The molecule has 1 heterocycles. The van der Waals surface area contributed by atoms with Gasteiger partial charge in [0.25, 0.3) is 0 Å². The normalized spacial score (nSPS) is 19.1. The van der Waals surface area contributed by atoms with Gasteiger partial charge in [0.15, 0.2) is 0 Å². The number of nitrogens with zero attached hydrogens (tertiary/aromatic N) is 1. The van der Waals surface area contributed by atoms with Crippen LogP contribution < -0.4 is 5.46 Å². The smallest absolute Gasteiger partial charge is 0.465 e. The number of amides is 1. The third-order valence-electron chi connectivity index (χ3n) is 5.02. The van der Waals surface area contributed by atoms with Gasteiger partial charge in [-0.2, -0.15) is 0 Å². The summed E-state index contributed by atoms with van der Waals surface area (Å²) in [6, 6.07) is 5.47. The van der Waals surface area contributed by atoms with Crippen molar-refractivity contribution in [1.29, 1.82) is 0 Å². The Kier molecular flexibility index (Phi) is 5.21. The average molecular weight is 368 g/mol. The highest BCUT2D eigenvalue weighted by atomic mass is 35.5. The van der Waals surface area contributed by atoms with Crippen LogP contribution in [0.2, 0.25) is 5.02 Å². The molecule has 1 aromatic carbocycles. The van der Waals surface area contributed by atoms with Crippen LogP contribution in [0.25, 0.3) is 0 Å². The van der Waals surface area contributed by atoms with Crippen LogP contribution >= 0.6 is 11.6 Å². The van der Waals surface area contributed by atoms with E-state index in [1.165, 1.54) is 4.90 Å². The Bertz CT molecular complexity index is 654. The number of carbonyl (C=O) groups is 1. The van der Waals surface area contributed by atoms with Crippen LogP contribution in [0.4, 0.5) is 4.79 Å². The highest BCUT2D eigenvalue weighted by Gasteiger charge is 2.52. The topological polar surface area (TPSA) is 59.0 Å². The molecule has 138 valence electrons. The van der Waals surface area contributed by atoms with E-state index in [0.29, 0.717) is 10.6 Å². The van der Waals surface area contributed by atoms with Crippen LogP contribution in [-0.4, -0.2) is 40.0 Å². The summed E-state index contributed by atoms with van der Waals surface area (Å²) in [5, 5.41) is 10.1. The second kappa shape index (κ2) is 6.49. The first kappa shape index (κ1) is 20.1. The fourth-order valence-corrected chi connectivity index (χ4v) is 2.92. The molecule has 0 atom stereocenters. The van der Waals surface area contributed by atoms with Crippen molar-refractivity contribution in [3.05, 3.63) is 28.8 Å². The van der Waals surface area contributed by atoms with Crippen molar-refractivity contribution in [2.75, 3.05) is 0 Å². The lowest BCUT2D eigenvalue weighted by molar-refractivity contribution is 0.00578. The van der Waals surface area contributed by atoms with Gasteiger partial charge in [0.05, 0.1) is 17.7 Å². The average Bonchev–Trinajstić information content (AvgIpc) is 2.63. The molecule has 2 rings (SSSR count). The van der Waals surface area contributed by atoms with Gasteiger partial charge in [-0.05, 0) is 65.6 Å². The fourth-order valence-electron chi connectivity index (χ4n) is 2.68. The molecular weight excluding hydrogens is 340 g/mol. The number of hydrogen-bond donors (Lipinski definition) is 1. The van der Waals surface area contributed by atoms with Crippen LogP contribution in [0.3, 0.4) is 0 Å². The number of benzene rings is 1. The van der Waals surface area contributed by atoms with Gasteiger partial charge in [-0.1, -0.05) is 23.7 Å². The number of carboxylic acid groups (broad SMARTS) is 1. The Morgan fingerprint density at radius 1 is 1.20 bits per heavy atom. The lowest BCUT2D eigenvalue weighted by Gasteiger charge is -2.34. The molecule has 0 radical (unpaired) electrons. The maximum atomic E-state index is 11.7. The molecule has 5 nitrogen and oxygen atoms in total. The highest BCUT2D eigenvalue weighted by molar-refractivity contribution is 6.63. The van der Waals surface area contributed by atoms with Crippen molar-refractivity contribution in [1.82, 2.24) is 4.90 Å². The van der Waals surface area contributed by atoms with E-state index in [2.05, 4.69) is 0 Å². The molecular formula is C18H27BClNO4. The molecule has 1 N–H and O–H groups in total. The molecule has 0 bridgehead atoms. The summed E-state index contributed by atoms with van der Waals surface area (Å²) in [5.74, 6) is 0. The van der Waals surface area contributed by atoms with Crippen molar-refractivity contribution in [3.8, 4) is 0 Å². The van der Waals surface area contributed by atoms with E-state index < -0.39 is 30.0 Å². The van der Waals surface area contributed by atoms with Gasteiger partial charge >= 0.3 is 13.2 Å². The standard InChI is InChI=1S/C18H27BClNO4/c1-16(2,3)21(15(22)23)11-12-13(9-8-10-14(12)20)19-24-17(4,5)18(6,7)25-19/h8-10H,11H2,1-7H3,(H,22,23). The van der Waals surface area contributed by atoms with Gasteiger partial charge < -0.3 is 14.4 Å². The van der Waals surface area contributed by atoms with Crippen LogP contribution in [0.5, 0.6) is 0 Å². The van der Waals surface area contributed by atoms with Crippen LogP contribution in [0.15, 0.2) is 18.2 Å². The Balaban J connectivity index is 2.43. The Morgan fingerprint density at radius 3 is 2.16 bits per heavy atom. The molecule has 1 fully saturated rings. The monoisotopic (exact) mass is 367 g/mol. The molecule has 0 aromatic heterocycles. The summed E-state index contributed by atoms with van der Waals surface area (Å²) in [7, 11) is -0.589. The zero-order chi connectivity index (χ0) is 19.2. The van der Waals surface area contributed by atoms with Gasteiger partial charge in [-0.3, -0.25) is 4.90 Å². The lowest BCUT2D eigenvalue weighted by Crippen LogP contribution is -2.46. The maximum Gasteiger partial charge on any atom is 0.495 e. The minimum Gasteiger partial charge on any atom is -0.465 e. The van der Waals surface area contributed by atoms with Crippen LogP contribution in [0, 0.1) is 0 Å². The third-order valence-corrected chi connectivity index (χ3v) is 5.37. The number of rotatable bonds is 3. The van der Waals surface area contributed by atoms with E-state index in [0.717, 1.165) is 5.46 Å². The fraction of sp³-hybridized carbons (Fsp3) is 0.611. The van der Waals surface area contributed by atoms with Crippen LogP contribution in [-0.2, 0) is 15.9 Å². The van der Waals surface area contributed by atoms with Gasteiger partial charge in [0, 0.05) is 10.6 Å². The van der Waals surface area contributed by atoms with Gasteiger partial charge in [0.2, 0.25) is 0 Å².